The second kappa shape index (κ2) is 9.00. The average Bonchev–Trinajstić information content (AvgIpc) is 3.00. The van der Waals surface area contributed by atoms with Crippen molar-refractivity contribution in [2.45, 2.75) is 52.5 Å². The lowest BCUT2D eigenvalue weighted by Gasteiger charge is -2.29. The van der Waals surface area contributed by atoms with Crippen molar-refractivity contribution >= 4 is 12.0 Å². The van der Waals surface area contributed by atoms with Gasteiger partial charge in [0.25, 0.3) is 5.91 Å². The Labute approximate surface area is 173 Å². The van der Waals surface area contributed by atoms with Gasteiger partial charge in [-0.3, -0.25) is 4.79 Å². The monoisotopic (exact) mass is 391 g/mol. The zero-order valence-corrected chi connectivity index (χ0v) is 17.7. The maximum absolute atomic E-state index is 12.7. The smallest absolute Gasteiger partial charge is 0.262 e. The van der Waals surface area contributed by atoms with Crippen molar-refractivity contribution in [3.8, 4) is 17.5 Å². The molecule has 0 unspecified atom stereocenters. The van der Waals surface area contributed by atoms with Crippen molar-refractivity contribution in [2.24, 2.45) is 5.92 Å². The van der Waals surface area contributed by atoms with Crippen LogP contribution < -0.4 is 10.1 Å². The van der Waals surface area contributed by atoms with Gasteiger partial charge in [-0.25, -0.2) is 0 Å². The van der Waals surface area contributed by atoms with Crippen molar-refractivity contribution in [1.29, 1.82) is 5.26 Å². The van der Waals surface area contributed by atoms with Crippen LogP contribution in [0, 0.1) is 31.1 Å². The lowest BCUT2D eigenvalue weighted by atomic mass is 9.86. The van der Waals surface area contributed by atoms with Gasteiger partial charge < -0.3 is 14.6 Å². The highest BCUT2D eigenvalue weighted by molar-refractivity contribution is 6.02. The quantitative estimate of drug-likeness (QED) is 0.593. The number of carbonyl (C=O) groups is 1. The predicted molar refractivity (Wildman–Crippen MR) is 115 cm³/mol. The summed E-state index contributed by atoms with van der Waals surface area (Å²) >= 11 is 0. The van der Waals surface area contributed by atoms with Gasteiger partial charge >= 0.3 is 0 Å². The second-order valence-electron chi connectivity index (χ2n) is 7.87. The first-order valence-electron chi connectivity index (χ1n) is 10.2. The molecular formula is C24H29N3O2. The first-order chi connectivity index (χ1) is 13.9. The number of carbonyl (C=O) groups excluding carboxylic acids is 1. The average molecular weight is 392 g/mol. The minimum absolute atomic E-state index is 0.151. The van der Waals surface area contributed by atoms with E-state index in [9.17, 15) is 10.1 Å². The molecule has 1 aliphatic rings. The lowest BCUT2D eigenvalue weighted by molar-refractivity contribution is -0.118. The van der Waals surface area contributed by atoms with Crippen LogP contribution in [0.1, 0.15) is 49.6 Å². The summed E-state index contributed by atoms with van der Waals surface area (Å²) in [4.78, 5) is 12.7. The second-order valence-corrected chi connectivity index (χ2v) is 7.87. The SMILES string of the molecule is COc1ccc(-n2c(C)cc(/C=C(\C#N)C(=O)N[C@H]3CCCC[C@@H]3C)c2C)cc1. The molecule has 1 amide bonds. The molecule has 2 atom stereocenters. The number of nitriles is 1. The van der Waals surface area contributed by atoms with Crippen LogP contribution in [0.2, 0.25) is 0 Å². The molecule has 1 heterocycles. The normalized spacial score (nSPS) is 19.5. The van der Waals surface area contributed by atoms with E-state index in [1.54, 1.807) is 13.2 Å². The summed E-state index contributed by atoms with van der Waals surface area (Å²) in [7, 11) is 1.65. The van der Waals surface area contributed by atoms with E-state index < -0.39 is 0 Å². The zero-order chi connectivity index (χ0) is 21.0. The highest BCUT2D eigenvalue weighted by Crippen LogP contribution is 2.26. The van der Waals surface area contributed by atoms with Gasteiger partial charge in [0.2, 0.25) is 0 Å². The van der Waals surface area contributed by atoms with E-state index in [0.717, 1.165) is 47.7 Å². The summed E-state index contributed by atoms with van der Waals surface area (Å²) in [6.07, 6.45) is 6.15. The molecule has 0 aliphatic heterocycles. The third kappa shape index (κ3) is 4.54. The molecule has 152 valence electrons. The number of nitrogens with zero attached hydrogens (tertiary/aromatic N) is 2. The van der Waals surface area contributed by atoms with E-state index in [1.807, 2.05) is 44.2 Å². The van der Waals surface area contributed by atoms with Gasteiger partial charge in [-0.2, -0.15) is 5.26 Å². The number of rotatable bonds is 5. The fourth-order valence-electron chi connectivity index (χ4n) is 4.14. The molecule has 2 aromatic rings. The number of amides is 1. The van der Waals surface area contributed by atoms with Crippen LogP contribution >= 0.6 is 0 Å². The van der Waals surface area contributed by atoms with E-state index in [-0.39, 0.29) is 17.5 Å². The fraction of sp³-hybridized carbons (Fsp3) is 0.417. The van der Waals surface area contributed by atoms with Crippen LogP contribution in [0.15, 0.2) is 35.9 Å². The van der Waals surface area contributed by atoms with Gasteiger partial charge in [0, 0.05) is 23.1 Å². The van der Waals surface area contributed by atoms with Crippen LogP contribution in [0.25, 0.3) is 11.8 Å². The maximum Gasteiger partial charge on any atom is 0.262 e. The number of nitrogens with one attached hydrogen (secondary N) is 1. The molecule has 3 rings (SSSR count). The largest absolute Gasteiger partial charge is 0.497 e. The Morgan fingerprint density at radius 2 is 1.93 bits per heavy atom. The van der Waals surface area contributed by atoms with Crippen LogP contribution in [0.4, 0.5) is 0 Å². The molecule has 0 radical (unpaired) electrons. The molecule has 1 fully saturated rings. The Hall–Kier alpha value is -3.00. The molecule has 1 aromatic carbocycles. The molecule has 1 saturated carbocycles. The standard InChI is InChI=1S/C24H29N3O2/c1-16-7-5-6-8-23(16)26-24(28)20(15-25)14-19-13-17(2)27(18(19)3)21-9-11-22(29-4)12-10-21/h9-14,16,23H,5-8H2,1-4H3,(H,26,28)/b20-14+/t16-,23-/m0/s1. The Bertz CT molecular complexity index is 948. The summed E-state index contributed by atoms with van der Waals surface area (Å²) in [5.74, 6) is 0.977. The van der Waals surface area contributed by atoms with Gasteiger partial charge in [-0.1, -0.05) is 19.8 Å². The lowest BCUT2D eigenvalue weighted by Crippen LogP contribution is -2.41. The fourth-order valence-corrected chi connectivity index (χ4v) is 4.14. The molecule has 5 heteroatoms. The molecule has 0 bridgehead atoms. The van der Waals surface area contributed by atoms with Gasteiger partial charge in [0.05, 0.1) is 7.11 Å². The summed E-state index contributed by atoms with van der Waals surface area (Å²) < 4.78 is 7.35. The molecular weight excluding hydrogens is 362 g/mol. The molecule has 5 nitrogen and oxygen atoms in total. The number of benzene rings is 1. The molecule has 0 saturated heterocycles. The number of hydrogen-bond acceptors (Lipinski definition) is 3. The van der Waals surface area contributed by atoms with Gasteiger partial charge in [0.1, 0.15) is 17.4 Å². The highest BCUT2D eigenvalue weighted by Gasteiger charge is 2.24. The zero-order valence-electron chi connectivity index (χ0n) is 17.7. The number of aryl methyl sites for hydroxylation is 1. The minimum Gasteiger partial charge on any atom is -0.497 e. The number of aromatic nitrogens is 1. The van der Waals surface area contributed by atoms with Crippen LogP contribution in [-0.4, -0.2) is 23.6 Å². The van der Waals surface area contributed by atoms with E-state index >= 15 is 0 Å². The molecule has 29 heavy (non-hydrogen) atoms. The maximum atomic E-state index is 12.7. The van der Waals surface area contributed by atoms with Crippen LogP contribution in [0.5, 0.6) is 5.75 Å². The summed E-state index contributed by atoms with van der Waals surface area (Å²) in [6, 6.07) is 12.1. The van der Waals surface area contributed by atoms with Gasteiger partial charge in [-0.15, -0.1) is 0 Å². The van der Waals surface area contributed by atoms with Crippen molar-refractivity contribution in [1.82, 2.24) is 9.88 Å². The first kappa shape index (κ1) is 20.7. The van der Waals surface area contributed by atoms with Gasteiger partial charge in [-0.05, 0) is 74.6 Å². The minimum atomic E-state index is -0.277. The predicted octanol–water partition coefficient (Wildman–Crippen LogP) is 4.70. The molecule has 1 N–H and O–H groups in total. The Morgan fingerprint density at radius 3 is 2.55 bits per heavy atom. The van der Waals surface area contributed by atoms with Crippen molar-refractivity contribution in [3.63, 3.8) is 0 Å². The molecule has 0 spiro atoms. The number of hydrogen-bond donors (Lipinski definition) is 1. The third-order valence-electron chi connectivity index (χ3n) is 5.89. The summed E-state index contributed by atoms with van der Waals surface area (Å²) in [6.45, 7) is 6.19. The van der Waals surface area contributed by atoms with E-state index in [1.165, 1.54) is 6.42 Å². The highest BCUT2D eigenvalue weighted by atomic mass is 16.5. The summed E-state index contributed by atoms with van der Waals surface area (Å²) in [5.41, 5.74) is 4.07. The van der Waals surface area contributed by atoms with Crippen LogP contribution in [0.3, 0.4) is 0 Å². The van der Waals surface area contributed by atoms with E-state index in [2.05, 4.69) is 22.9 Å². The number of methoxy groups -OCH3 is 1. The van der Waals surface area contributed by atoms with Crippen molar-refractivity contribution < 1.29 is 9.53 Å². The third-order valence-corrected chi connectivity index (χ3v) is 5.89. The van der Waals surface area contributed by atoms with Crippen molar-refractivity contribution in [2.75, 3.05) is 7.11 Å². The van der Waals surface area contributed by atoms with Gasteiger partial charge in [0.15, 0.2) is 0 Å². The molecule has 1 aromatic heterocycles. The Balaban J connectivity index is 1.86. The number of ether oxygens (including phenoxy) is 1. The van der Waals surface area contributed by atoms with E-state index in [4.69, 9.17) is 4.74 Å². The Kier molecular flexibility index (Phi) is 6.43. The summed E-state index contributed by atoms with van der Waals surface area (Å²) in [5, 5.41) is 12.7. The first-order valence-corrected chi connectivity index (χ1v) is 10.2. The van der Waals surface area contributed by atoms with E-state index in [0.29, 0.717) is 5.92 Å². The topological polar surface area (TPSA) is 67.0 Å². The van der Waals surface area contributed by atoms with Crippen molar-refractivity contribution in [3.05, 3.63) is 52.9 Å². The Morgan fingerprint density at radius 1 is 1.24 bits per heavy atom. The van der Waals surface area contributed by atoms with Crippen LogP contribution in [-0.2, 0) is 4.79 Å². The molecule has 1 aliphatic carbocycles.